The second kappa shape index (κ2) is 4.62. The Hall–Kier alpha value is -0.540. The van der Waals surface area contributed by atoms with Crippen LogP contribution >= 0.6 is 15.9 Å². The Morgan fingerprint density at radius 3 is 2.65 bits per heavy atom. The molecule has 1 aliphatic heterocycles. The topological polar surface area (TPSA) is 21.3 Å². The molecule has 2 aliphatic rings. The number of rotatable bonds is 2. The van der Waals surface area contributed by atoms with E-state index < -0.39 is 5.72 Å². The number of allylic oxidation sites excluding steroid dienone is 3. The molecule has 0 spiro atoms. The van der Waals surface area contributed by atoms with E-state index in [1.807, 2.05) is 12.3 Å². The summed E-state index contributed by atoms with van der Waals surface area (Å²) in [6, 6.07) is 0. The molecule has 0 fully saturated rings. The molecule has 17 heavy (non-hydrogen) atoms. The molecule has 1 aliphatic carbocycles. The van der Waals surface area contributed by atoms with Gasteiger partial charge < -0.3 is 10.1 Å². The molecule has 1 N–H and O–H groups in total. The predicted molar refractivity (Wildman–Crippen MR) is 74.7 cm³/mol. The SMILES string of the molecule is COC1(C2=CCC(C)(C)CC2)C=CC(Br)=CN1. The minimum atomic E-state index is -0.437. The maximum absolute atomic E-state index is 5.70. The van der Waals surface area contributed by atoms with Gasteiger partial charge in [0.05, 0.1) is 0 Å². The lowest BCUT2D eigenvalue weighted by Gasteiger charge is -2.39. The van der Waals surface area contributed by atoms with E-state index in [1.54, 1.807) is 7.11 Å². The van der Waals surface area contributed by atoms with E-state index in [-0.39, 0.29) is 0 Å². The third kappa shape index (κ3) is 2.66. The molecule has 0 radical (unpaired) electrons. The van der Waals surface area contributed by atoms with Gasteiger partial charge in [0.15, 0.2) is 5.72 Å². The number of hydrogen-bond acceptors (Lipinski definition) is 2. The van der Waals surface area contributed by atoms with Crippen LogP contribution in [0.4, 0.5) is 0 Å². The lowest BCUT2D eigenvalue weighted by Crippen LogP contribution is -2.46. The molecular weight excluding hydrogens is 278 g/mol. The Balaban J connectivity index is 2.21. The van der Waals surface area contributed by atoms with Crippen LogP contribution < -0.4 is 5.32 Å². The van der Waals surface area contributed by atoms with Crippen LogP contribution in [0, 0.1) is 5.41 Å². The minimum absolute atomic E-state index is 0.424. The second-order valence-electron chi connectivity index (χ2n) is 5.54. The van der Waals surface area contributed by atoms with Crippen LogP contribution in [0.2, 0.25) is 0 Å². The number of hydrogen-bond donors (Lipinski definition) is 1. The molecule has 0 aromatic carbocycles. The number of dihydropyridines is 1. The van der Waals surface area contributed by atoms with E-state index in [0.29, 0.717) is 5.41 Å². The summed E-state index contributed by atoms with van der Waals surface area (Å²) < 4.78 is 6.75. The highest BCUT2D eigenvalue weighted by atomic mass is 79.9. The average molecular weight is 298 g/mol. The Bertz CT molecular complexity index is 395. The van der Waals surface area contributed by atoms with Crippen molar-refractivity contribution < 1.29 is 4.74 Å². The van der Waals surface area contributed by atoms with Gasteiger partial charge in [-0.3, -0.25) is 0 Å². The van der Waals surface area contributed by atoms with E-state index in [9.17, 15) is 0 Å². The molecule has 0 bridgehead atoms. The highest BCUT2D eigenvalue weighted by molar-refractivity contribution is 9.11. The summed E-state index contributed by atoms with van der Waals surface area (Å²) in [7, 11) is 1.75. The van der Waals surface area contributed by atoms with Gasteiger partial charge in [-0.15, -0.1) is 0 Å². The number of methoxy groups -OCH3 is 1. The van der Waals surface area contributed by atoms with Crippen LogP contribution in [-0.2, 0) is 4.74 Å². The van der Waals surface area contributed by atoms with E-state index >= 15 is 0 Å². The van der Waals surface area contributed by atoms with Crippen molar-refractivity contribution in [3.63, 3.8) is 0 Å². The second-order valence-corrected chi connectivity index (χ2v) is 6.46. The fourth-order valence-corrected chi connectivity index (χ4v) is 2.59. The van der Waals surface area contributed by atoms with E-state index in [2.05, 4.69) is 47.2 Å². The highest BCUT2D eigenvalue weighted by Crippen LogP contribution is 2.39. The quantitative estimate of drug-likeness (QED) is 0.782. The average Bonchev–Trinajstić information content (AvgIpc) is 2.31. The minimum Gasteiger partial charge on any atom is -0.356 e. The van der Waals surface area contributed by atoms with Crippen molar-refractivity contribution in [3.8, 4) is 0 Å². The van der Waals surface area contributed by atoms with Gasteiger partial charge in [0.1, 0.15) is 0 Å². The summed E-state index contributed by atoms with van der Waals surface area (Å²) in [5.41, 5.74) is 1.33. The fourth-order valence-electron chi connectivity index (χ4n) is 2.34. The molecule has 0 aromatic heterocycles. The zero-order valence-corrected chi connectivity index (χ0v) is 12.3. The monoisotopic (exact) mass is 297 g/mol. The van der Waals surface area contributed by atoms with Gasteiger partial charge in [-0.1, -0.05) is 19.9 Å². The van der Waals surface area contributed by atoms with E-state index in [0.717, 1.165) is 17.3 Å². The van der Waals surface area contributed by atoms with Gasteiger partial charge in [0.25, 0.3) is 0 Å². The largest absolute Gasteiger partial charge is 0.356 e. The van der Waals surface area contributed by atoms with Crippen LogP contribution in [0.5, 0.6) is 0 Å². The first-order valence-electron chi connectivity index (χ1n) is 6.05. The smallest absolute Gasteiger partial charge is 0.179 e. The predicted octanol–water partition coefficient (Wildman–Crippen LogP) is 3.86. The van der Waals surface area contributed by atoms with Crippen molar-refractivity contribution in [1.82, 2.24) is 5.32 Å². The first kappa shape index (κ1) is 12.9. The molecule has 3 heteroatoms. The van der Waals surface area contributed by atoms with Crippen LogP contribution in [0.3, 0.4) is 0 Å². The van der Waals surface area contributed by atoms with Crippen LogP contribution in [-0.4, -0.2) is 12.8 Å². The van der Waals surface area contributed by atoms with E-state index in [4.69, 9.17) is 4.74 Å². The zero-order valence-electron chi connectivity index (χ0n) is 10.7. The third-order valence-corrected chi connectivity index (χ3v) is 4.17. The van der Waals surface area contributed by atoms with Crippen molar-refractivity contribution in [2.45, 2.75) is 38.8 Å². The van der Waals surface area contributed by atoms with Crippen molar-refractivity contribution in [1.29, 1.82) is 0 Å². The zero-order chi connectivity index (χ0) is 12.5. The van der Waals surface area contributed by atoms with Crippen LogP contribution in [0.25, 0.3) is 0 Å². The summed E-state index contributed by atoms with van der Waals surface area (Å²) >= 11 is 3.45. The summed E-state index contributed by atoms with van der Waals surface area (Å²) in [5.74, 6) is 0. The van der Waals surface area contributed by atoms with Crippen LogP contribution in [0.15, 0.2) is 34.5 Å². The van der Waals surface area contributed by atoms with E-state index in [1.165, 1.54) is 12.0 Å². The first-order valence-corrected chi connectivity index (χ1v) is 6.84. The Morgan fingerprint density at radius 1 is 1.41 bits per heavy atom. The van der Waals surface area contributed by atoms with Crippen molar-refractivity contribution in [2.24, 2.45) is 5.41 Å². The molecule has 2 nitrogen and oxygen atoms in total. The number of halogens is 1. The maximum Gasteiger partial charge on any atom is 0.179 e. The van der Waals surface area contributed by atoms with Crippen LogP contribution in [0.1, 0.15) is 33.1 Å². The van der Waals surface area contributed by atoms with Gasteiger partial charge in [0.2, 0.25) is 0 Å². The first-order chi connectivity index (χ1) is 7.97. The van der Waals surface area contributed by atoms with Crippen molar-refractivity contribution in [2.75, 3.05) is 7.11 Å². The molecule has 0 saturated carbocycles. The highest BCUT2D eigenvalue weighted by Gasteiger charge is 2.35. The number of nitrogens with one attached hydrogen (secondary N) is 1. The summed E-state index contributed by atoms with van der Waals surface area (Å²) in [6.07, 6.45) is 11.8. The van der Waals surface area contributed by atoms with Gasteiger partial charge in [-0.25, -0.2) is 0 Å². The summed E-state index contributed by atoms with van der Waals surface area (Å²) in [4.78, 5) is 0. The normalized spacial score (nSPS) is 31.5. The Labute approximate surface area is 112 Å². The fraction of sp³-hybridized carbons (Fsp3) is 0.571. The molecule has 1 unspecified atom stereocenters. The Morgan fingerprint density at radius 2 is 2.18 bits per heavy atom. The molecule has 1 atom stereocenters. The van der Waals surface area contributed by atoms with Crippen molar-refractivity contribution >= 4 is 15.9 Å². The molecular formula is C14H20BrNO. The summed E-state index contributed by atoms with van der Waals surface area (Å²) in [6.45, 7) is 4.64. The van der Waals surface area contributed by atoms with Gasteiger partial charge in [-0.05, 0) is 58.3 Å². The Kier molecular flexibility index (Phi) is 3.50. The van der Waals surface area contributed by atoms with Gasteiger partial charge in [-0.2, -0.15) is 0 Å². The molecule has 0 amide bonds. The standard InChI is InChI=1S/C14H20BrNO/c1-13(2)7-4-11(5-8-13)14(17-3)9-6-12(15)10-16-14/h4,6,9-10,16H,5,7-8H2,1-3H3. The molecule has 94 valence electrons. The summed E-state index contributed by atoms with van der Waals surface area (Å²) in [5, 5.41) is 3.34. The molecule has 0 saturated heterocycles. The molecule has 0 aromatic rings. The molecule has 2 rings (SSSR count). The molecule has 1 heterocycles. The third-order valence-electron chi connectivity index (χ3n) is 3.67. The van der Waals surface area contributed by atoms with Gasteiger partial charge >= 0.3 is 0 Å². The van der Waals surface area contributed by atoms with Gasteiger partial charge in [0, 0.05) is 17.8 Å². The maximum atomic E-state index is 5.70. The lowest BCUT2D eigenvalue weighted by molar-refractivity contribution is 0.0382. The lowest BCUT2D eigenvalue weighted by atomic mass is 9.76. The number of ether oxygens (including phenoxy) is 1. The van der Waals surface area contributed by atoms with Crippen molar-refractivity contribution in [3.05, 3.63) is 34.5 Å².